The normalized spacial score (nSPS) is 19.0. The SMILES string of the molecule is CN1CCn2c(-c3cccc(F)c3)cnc2C12CCN(c1ncccn1)CC2. The Morgan fingerprint density at radius 1 is 0.964 bits per heavy atom. The lowest BCUT2D eigenvalue weighted by Crippen LogP contribution is -2.56. The molecule has 7 heteroatoms. The number of benzene rings is 1. The van der Waals surface area contributed by atoms with Crippen molar-refractivity contribution in [1.82, 2.24) is 24.4 Å². The van der Waals surface area contributed by atoms with Crippen molar-refractivity contribution in [3.05, 3.63) is 60.6 Å². The summed E-state index contributed by atoms with van der Waals surface area (Å²) in [6.45, 7) is 3.59. The van der Waals surface area contributed by atoms with E-state index in [4.69, 9.17) is 4.98 Å². The van der Waals surface area contributed by atoms with Gasteiger partial charge in [-0.1, -0.05) is 12.1 Å². The fourth-order valence-corrected chi connectivity index (χ4v) is 4.62. The van der Waals surface area contributed by atoms with Gasteiger partial charge in [0.1, 0.15) is 11.6 Å². The zero-order valence-electron chi connectivity index (χ0n) is 15.9. The van der Waals surface area contributed by atoms with Gasteiger partial charge < -0.3 is 9.47 Å². The van der Waals surface area contributed by atoms with Crippen molar-refractivity contribution in [3.63, 3.8) is 0 Å². The van der Waals surface area contributed by atoms with Gasteiger partial charge in [-0.25, -0.2) is 19.3 Å². The number of nitrogens with zero attached hydrogens (tertiary/aromatic N) is 6. The van der Waals surface area contributed by atoms with Gasteiger partial charge in [0.05, 0.1) is 17.4 Å². The van der Waals surface area contributed by atoms with Crippen LogP contribution in [0.15, 0.2) is 48.9 Å². The van der Waals surface area contributed by atoms with Crippen LogP contribution in [-0.2, 0) is 12.1 Å². The third kappa shape index (κ3) is 2.69. The van der Waals surface area contributed by atoms with Crippen LogP contribution in [0.25, 0.3) is 11.3 Å². The van der Waals surface area contributed by atoms with Crippen LogP contribution in [0.4, 0.5) is 10.3 Å². The molecule has 0 aliphatic carbocycles. The van der Waals surface area contributed by atoms with Gasteiger partial charge in [-0.05, 0) is 38.1 Å². The summed E-state index contributed by atoms with van der Waals surface area (Å²) in [6, 6.07) is 8.62. The molecule has 0 saturated carbocycles. The second kappa shape index (κ2) is 6.67. The number of hydrogen-bond donors (Lipinski definition) is 0. The highest BCUT2D eigenvalue weighted by molar-refractivity contribution is 5.60. The fraction of sp³-hybridized carbons (Fsp3) is 0.381. The van der Waals surface area contributed by atoms with Crippen LogP contribution in [0.5, 0.6) is 0 Å². The Balaban J connectivity index is 1.48. The van der Waals surface area contributed by atoms with Gasteiger partial charge >= 0.3 is 0 Å². The first-order chi connectivity index (χ1) is 13.7. The molecule has 1 spiro atoms. The van der Waals surface area contributed by atoms with Crippen LogP contribution in [-0.4, -0.2) is 51.1 Å². The molecule has 0 amide bonds. The third-order valence-corrected chi connectivity index (χ3v) is 6.21. The van der Waals surface area contributed by atoms with E-state index < -0.39 is 0 Å². The summed E-state index contributed by atoms with van der Waals surface area (Å²) in [5.74, 6) is 1.67. The third-order valence-electron chi connectivity index (χ3n) is 6.21. The smallest absolute Gasteiger partial charge is 0.225 e. The first kappa shape index (κ1) is 17.3. The molecule has 0 bridgehead atoms. The number of imidazole rings is 1. The number of rotatable bonds is 2. The lowest BCUT2D eigenvalue weighted by molar-refractivity contribution is 0.0496. The molecular formula is C21H23FN6. The molecule has 1 aromatic carbocycles. The molecule has 4 heterocycles. The lowest BCUT2D eigenvalue weighted by Gasteiger charge is -2.49. The number of likely N-dealkylation sites (N-methyl/N-ethyl adjacent to an activating group) is 1. The van der Waals surface area contributed by atoms with E-state index in [1.54, 1.807) is 24.5 Å². The topological polar surface area (TPSA) is 50.1 Å². The summed E-state index contributed by atoms with van der Waals surface area (Å²) in [7, 11) is 2.19. The molecule has 1 saturated heterocycles. The molecule has 144 valence electrons. The predicted octanol–water partition coefficient (Wildman–Crippen LogP) is 2.92. The number of halogens is 1. The van der Waals surface area contributed by atoms with Gasteiger partial charge in [0.2, 0.25) is 5.95 Å². The largest absolute Gasteiger partial charge is 0.341 e. The molecular weight excluding hydrogens is 355 g/mol. The fourth-order valence-electron chi connectivity index (χ4n) is 4.62. The van der Waals surface area contributed by atoms with Crippen molar-refractivity contribution in [2.45, 2.75) is 24.9 Å². The Morgan fingerprint density at radius 2 is 1.75 bits per heavy atom. The predicted molar refractivity (Wildman–Crippen MR) is 105 cm³/mol. The molecule has 28 heavy (non-hydrogen) atoms. The molecule has 2 aliphatic rings. The molecule has 1 fully saturated rings. The van der Waals surface area contributed by atoms with E-state index in [1.165, 1.54) is 6.07 Å². The highest BCUT2D eigenvalue weighted by Gasteiger charge is 2.46. The maximum Gasteiger partial charge on any atom is 0.225 e. The second-order valence-electron chi connectivity index (χ2n) is 7.62. The van der Waals surface area contributed by atoms with E-state index >= 15 is 0 Å². The van der Waals surface area contributed by atoms with Gasteiger partial charge in [0, 0.05) is 44.1 Å². The maximum atomic E-state index is 13.8. The number of hydrogen-bond acceptors (Lipinski definition) is 5. The van der Waals surface area contributed by atoms with Gasteiger partial charge in [0.25, 0.3) is 0 Å². The van der Waals surface area contributed by atoms with E-state index in [0.717, 1.165) is 62.1 Å². The minimum atomic E-state index is -0.216. The Bertz CT molecular complexity index is 978. The molecule has 2 aromatic heterocycles. The van der Waals surface area contributed by atoms with E-state index in [9.17, 15) is 4.39 Å². The van der Waals surface area contributed by atoms with Crippen LogP contribution >= 0.6 is 0 Å². The molecule has 0 atom stereocenters. The summed E-state index contributed by atoms with van der Waals surface area (Å²) < 4.78 is 16.0. The summed E-state index contributed by atoms with van der Waals surface area (Å²) in [5.41, 5.74) is 1.78. The molecule has 5 rings (SSSR count). The van der Waals surface area contributed by atoms with Crippen molar-refractivity contribution in [1.29, 1.82) is 0 Å². The number of fused-ring (bicyclic) bond motifs is 2. The average Bonchev–Trinajstić information content (AvgIpc) is 3.17. The lowest BCUT2D eigenvalue weighted by atomic mass is 9.83. The zero-order chi connectivity index (χ0) is 19.1. The van der Waals surface area contributed by atoms with E-state index in [2.05, 4.69) is 31.4 Å². The van der Waals surface area contributed by atoms with Crippen LogP contribution in [0.2, 0.25) is 0 Å². The van der Waals surface area contributed by atoms with Crippen LogP contribution < -0.4 is 4.90 Å². The zero-order valence-corrected chi connectivity index (χ0v) is 15.9. The molecule has 3 aromatic rings. The highest BCUT2D eigenvalue weighted by Crippen LogP contribution is 2.41. The summed E-state index contributed by atoms with van der Waals surface area (Å²) in [6.07, 6.45) is 7.40. The summed E-state index contributed by atoms with van der Waals surface area (Å²) >= 11 is 0. The van der Waals surface area contributed by atoms with Crippen molar-refractivity contribution in [2.75, 3.05) is 31.6 Å². The van der Waals surface area contributed by atoms with E-state index in [0.29, 0.717) is 0 Å². The molecule has 0 unspecified atom stereocenters. The monoisotopic (exact) mass is 378 g/mol. The van der Waals surface area contributed by atoms with Crippen molar-refractivity contribution in [2.24, 2.45) is 0 Å². The van der Waals surface area contributed by atoms with Gasteiger partial charge in [-0.2, -0.15) is 0 Å². The summed E-state index contributed by atoms with van der Waals surface area (Å²) in [4.78, 5) is 18.3. The number of anilines is 1. The van der Waals surface area contributed by atoms with Crippen molar-refractivity contribution < 1.29 is 4.39 Å². The second-order valence-corrected chi connectivity index (χ2v) is 7.62. The maximum absolute atomic E-state index is 13.8. The van der Waals surface area contributed by atoms with Crippen LogP contribution in [0.1, 0.15) is 18.7 Å². The first-order valence-electron chi connectivity index (χ1n) is 9.72. The summed E-state index contributed by atoms with van der Waals surface area (Å²) in [5, 5.41) is 0. The standard InChI is InChI=1S/C21H23FN6/c1-26-12-13-28-18(16-4-2-5-17(22)14-16)15-25-19(28)21(26)6-10-27(11-7-21)20-23-8-3-9-24-20/h2-5,8-9,14-15H,6-7,10-13H2,1H3. The van der Waals surface area contributed by atoms with Gasteiger partial charge in [-0.15, -0.1) is 0 Å². The minimum absolute atomic E-state index is 0.102. The molecule has 2 aliphatic heterocycles. The Kier molecular flexibility index (Phi) is 4.12. The Hall–Kier alpha value is -2.80. The van der Waals surface area contributed by atoms with E-state index in [-0.39, 0.29) is 11.4 Å². The van der Waals surface area contributed by atoms with Gasteiger partial charge in [-0.3, -0.25) is 4.90 Å². The van der Waals surface area contributed by atoms with Crippen LogP contribution in [0.3, 0.4) is 0 Å². The molecule has 0 radical (unpaired) electrons. The first-order valence-corrected chi connectivity index (χ1v) is 9.72. The number of piperidine rings is 1. The van der Waals surface area contributed by atoms with Crippen molar-refractivity contribution >= 4 is 5.95 Å². The van der Waals surface area contributed by atoms with E-state index in [1.807, 2.05) is 18.3 Å². The highest BCUT2D eigenvalue weighted by atomic mass is 19.1. The van der Waals surface area contributed by atoms with Gasteiger partial charge in [0.15, 0.2) is 0 Å². The molecule has 0 N–H and O–H groups in total. The molecule has 6 nitrogen and oxygen atoms in total. The minimum Gasteiger partial charge on any atom is -0.341 e. The van der Waals surface area contributed by atoms with Crippen molar-refractivity contribution in [3.8, 4) is 11.3 Å². The van der Waals surface area contributed by atoms with Crippen LogP contribution in [0, 0.1) is 5.82 Å². The Labute approximate surface area is 163 Å². The number of aromatic nitrogens is 4. The average molecular weight is 378 g/mol. The quantitative estimate of drug-likeness (QED) is 0.686. The Morgan fingerprint density at radius 3 is 2.50 bits per heavy atom.